The van der Waals surface area contributed by atoms with E-state index in [1.54, 1.807) is 0 Å². The largest absolute Gasteiger partial charge is 0.314 e. The standard InChI is InChI=1S/C15H32N2/c1-5-10-16-14-7-6-8-15(12-14)17(4)11-9-13(2)3/h13-16H,5-12H2,1-4H3. The van der Waals surface area contributed by atoms with E-state index in [-0.39, 0.29) is 0 Å². The van der Waals surface area contributed by atoms with Gasteiger partial charge in [0.15, 0.2) is 0 Å². The summed E-state index contributed by atoms with van der Waals surface area (Å²) in [6.07, 6.45) is 8.13. The van der Waals surface area contributed by atoms with Gasteiger partial charge in [-0.25, -0.2) is 0 Å². The van der Waals surface area contributed by atoms with Crippen molar-refractivity contribution in [2.45, 2.75) is 71.4 Å². The number of hydrogen-bond donors (Lipinski definition) is 1. The maximum atomic E-state index is 3.69. The summed E-state index contributed by atoms with van der Waals surface area (Å²) in [4.78, 5) is 2.60. The zero-order chi connectivity index (χ0) is 12.7. The average molecular weight is 240 g/mol. The summed E-state index contributed by atoms with van der Waals surface area (Å²) in [5, 5.41) is 3.69. The quantitative estimate of drug-likeness (QED) is 0.735. The number of rotatable bonds is 7. The highest BCUT2D eigenvalue weighted by atomic mass is 15.1. The van der Waals surface area contributed by atoms with Gasteiger partial charge >= 0.3 is 0 Å². The van der Waals surface area contributed by atoms with Gasteiger partial charge in [0.25, 0.3) is 0 Å². The van der Waals surface area contributed by atoms with Crippen LogP contribution in [0.25, 0.3) is 0 Å². The predicted molar refractivity (Wildman–Crippen MR) is 76.4 cm³/mol. The Morgan fingerprint density at radius 1 is 1.29 bits per heavy atom. The van der Waals surface area contributed by atoms with E-state index in [4.69, 9.17) is 0 Å². The van der Waals surface area contributed by atoms with Crippen molar-refractivity contribution >= 4 is 0 Å². The first kappa shape index (κ1) is 15.0. The van der Waals surface area contributed by atoms with E-state index >= 15 is 0 Å². The first-order valence-electron chi connectivity index (χ1n) is 7.57. The van der Waals surface area contributed by atoms with Crippen molar-refractivity contribution in [2.75, 3.05) is 20.1 Å². The molecule has 2 unspecified atom stereocenters. The highest BCUT2D eigenvalue weighted by Gasteiger charge is 2.24. The fraction of sp³-hybridized carbons (Fsp3) is 1.00. The number of nitrogens with one attached hydrogen (secondary N) is 1. The van der Waals surface area contributed by atoms with Gasteiger partial charge in [0.2, 0.25) is 0 Å². The topological polar surface area (TPSA) is 15.3 Å². The van der Waals surface area contributed by atoms with Crippen molar-refractivity contribution in [2.24, 2.45) is 5.92 Å². The molecule has 0 aliphatic heterocycles. The zero-order valence-electron chi connectivity index (χ0n) is 12.3. The summed E-state index contributed by atoms with van der Waals surface area (Å²) in [5.41, 5.74) is 0. The Labute approximate surface area is 108 Å². The summed E-state index contributed by atoms with van der Waals surface area (Å²) >= 11 is 0. The molecule has 1 saturated carbocycles. The predicted octanol–water partition coefficient (Wildman–Crippen LogP) is 3.28. The molecule has 0 aromatic rings. The number of hydrogen-bond acceptors (Lipinski definition) is 2. The summed E-state index contributed by atoms with van der Waals surface area (Å²) < 4.78 is 0. The Morgan fingerprint density at radius 3 is 2.71 bits per heavy atom. The molecule has 2 heteroatoms. The van der Waals surface area contributed by atoms with Gasteiger partial charge in [-0.2, -0.15) is 0 Å². The van der Waals surface area contributed by atoms with E-state index in [2.05, 4.69) is 38.0 Å². The highest BCUT2D eigenvalue weighted by Crippen LogP contribution is 2.22. The third kappa shape index (κ3) is 5.87. The van der Waals surface area contributed by atoms with Crippen LogP contribution >= 0.6 is 0 Å². The second kappa shape index (κ2) is 8.10. The Bertz CT molecular complexity index is 191. The van der Waals surface area contributed by atoms with E-state index in [1.807, 2.05) is 0 Å². The third-order valence-electron chi connectivity index (χ3n) is 4.01. The van der Waals surface area contributed by atoms with Crippen molar-refractivity contribution in [1.29, 1.82) is 0 Å². The van der Waals surface area contributed by atoms with Crippen molar-refractivity contribution < 1.29 is 0 Å². The van der Waals surface area contributed by atoms with Gasteiger partial charge in [-0.15, -0.1) is 0 Å². The van der Waals surface area contributed by atoms with Crippen LogP contribution in [0, 0.1) is 5.92 Å². The normalized spacial score (nSPS) is 25.8. The molecule has 0 spiro atoms. The second-order valence-corrected chi connectivity index (χ2v) is 6.13. The molecule has 1 aliphatic carbocycles. The van der Waals surface area contributed by atoms with Gasteiger partial charge in [0, 0.05) is 12.1 Å². The lowest BCUT2D eigenvalue weighted by atomic mass is 9.90. The minimum absolute atomic E-state index is 0.773. The Kier molecular flexibility index (Phi) is 7.14. The first-order valence-corrected chi connectivity index (χ1v) is 7.57. The fourth-order valence-corrected chi connectivity index (χ4v) is 2.74. The van der Waals surface area contributed by atoms with Crippen molar-refractivity contribution in [1.82, 2.24) is 10.2 Å². The molecule has 0 aromatic carbocycles. The maximum absolute atomic E-state index is 3.69. The molecule has 0 aromatic heterocycles. The highest BCUT2D eigenvalue weighted by molar-refractivity contribution is 4.82. The molecule has 2 nitrogen and oxygen atoms in total. The van der Waals surface area contributed by atoms with E-state index in [0.29, 0.717) is 0 Å². The molecular formula is C15H32N2. The van der Waals surface area contributed by atoms with Crippen LogP contribution < -0.4 is 5.32 Å². The fourth-order valence-electron chi connectivity index (χ4n) is 2.74. The third-order valence-corrected chi connectivity index (χ3v) is 4.01. The van der Waals surface area contributed by atoms with Gasteiger partial charge in [-0.1, -0.05) is 27.2 Å². The Balaban J connectivity index is 2.27. The molecule has 0 saturated heterocycles. The molecule has 1 aliphatic rings. The summed E-state index contributed by atoms with van der Waals surface area (Å²) in [5.74, 6) is 0.829. The van der Waals surface area contributed by atoms with E-state index in [1.165, 1.54) is 51.6 Å². The molecule has 1 rings (SSSR count). The molecule has 17 heavy (non-hydrogen) atoms. The molecule has 1 N–H and O–H groups in total. The van der Waals surface area contributed by atoms with Gasteiger partial charge < -0.3 is 10.2 Å². The van der Waals surface area contributed by atoms with Crippen LogP contribution in [-0.2, 0) is 0 Å². The Morgan fingerprint density at radius 2 is 2.06 bits per heavy atom. The maximum Gasteiger partial charge on any atom is 0.0107 e. The summed E-state index contributed by atoms with van der Waals surface area (Å²) in [7, 11) is 2.31. The minimum atomic E-state index is 0.773. The van der Waals surface area contributed by atoms with Crippen LogP contribution in [0.2, 0.25) is 0 Å². The molecule has 0 heterocycles. The summed E-state index contributed by atoms with van der Waals surface area (Å²) in [6.45, 7) is 9.35. The van der Waals surface area contributed by atoms with E-state index in [9.17, 15) is 0 Å². The number of nitrogens with zero attached hydrogens (tertiary/aromatic N) is 1. The van der Waals surface area contributed by atoms with Crippen LogP contribution in [0.15, 0.2) is 0 Å². The Hall–Kier alpha value is -0.0800. The minimum Gasteiger partial charge on any atom is -0.314 e. The van der Waals surface area contributed by atoms with Crippen LogP contribution in [-0.4, -0.2) is 37.1 Å². The summed E-state index contributed by atoms with van der Waals surface area (Å²) in [6, 6.07) is 1.59. The molecule has 0 bridgehead atoms. The molecule has 102 valence electrons. The first-order chi connectivity index (χ1) is 8.13. The molecule has 0 amide bonds. The van der Waals surface area contributed by atoms with Crippen molar-refractivity contribution in [3.8, 4) is 0 Å². The van der Waals surface area contributed by atoms with E-state index in [0.717, 1.165) is 18.0 Å². The monoisotopic (exact) mass is 240 g/mol. The molecule has 2 atom stereocenters. The van der Waals surface area contributed by atoms with Gasteiger partial charge in [-0.3, -0.25) is 0 Å². The van der Waals surface area contributed by atoms with Crippen LogP contribution in [0.4, 0.5) is 0 Å². The second-order valence-electron chi connectivity index (χ2n) is 6.13. The van der Waals surface area contributed by atoms with Gasteiger partial charge in [0.05, 0.1) is 0 Å². The van der Waals surface area contributed by atoms with Gasteiger partial charge in [-0.05, 0) is 58.2 Å². The average Bonchev–Trinajstić information content (AvgIpc) is 2.33. The van der Waals surface area contributed by atoms with Crippen LogP contribution in [0.5, 0.6) is 0 Å². The lowest BCUT2D eigenvalue weighted by molar-refractivity contribution is 0.163. The van der Waals surface area contributed by atoms with Crippen molar-refractivity contribution in [3.05, 3.63) is 0 Å². The molecule has 0 radical (unpaired) electrons. The zero-order valence-corrected chi connectivity index (χ0v) is 12.3. The molecular weight excluding hydrogens is 208 g/mol. The lowest BCUT2D eigenvalue weighted by Gasteiger charge is -2.36. The van der Waals surface area contributed by atoms with Crippen LogP contribution in [0.3, 0.4) is 0 Å². The molecule has 1 fully saturated rings. The van der Waals surface area contributed by atoms with Crippen LogP contribution in [0.1, 0.15) is 59.3 Å². The van der Waals surface area contributed by atoms with Gasteiger partial charge in [0.1, 0.15) is 0 Å². The van der Waals surface area contributed by atoms with Crippen molar-refractivity contribution in [3.63, 3.8) is 0 Å². The smallest absolute Gasteiger partial charge is 0.0107 e. The van der Waals surface area contributed by atoms with E-state index < -0.39 is 0 Å². The SMILES string of the molecule is CCCNC1CCCC(N(C)CCC(C)C)C1. The lowest BCUT2D eigenvalue weighted by Crippen LogP contribution is -2.43.